The second-order valence-corrected chi connectivity index (χ2v) is 4.22. The third-order valence-electron chi connectivity index (χ3n) is 2.58. The van der Waals surface area contributed by atoms with E-state index in [1.54, 1.807) is 0 Å². The van der Waals surface area contributed by atoms with Crippen LogP contribution in [0.3, 0.4) is 0 Å². The van der Waals surface area contributed by atoms with E-state index in [9.17, 15) is 4.79 Å². The summed E-state index contributed by atoms with van der Waals surface area (Å²) in [6, 6.07) is -0.113. The second-order valence-electron chi connectivity index (χ2n) is 4.22. The first-order chi connectivity index (χ1) is 6.47. The second kappa shape index (κ2) is 5.70. The van der Waals surface area contributed by atoms with Gasteiger partial charge in [0.05, 0.1) is 6.04 Å². The van der Waals surface area contributed by atoms with Gasteiger partial charge in [-0.2, -0.15) is 0 Å². The van der Waals surface area contributed by atoms with Gasteiger partial charge in [0.15, 0.2) is 0 Å². The molecule has 0 heterocycles. The number of rotatable bonds is 5. The molecule has 0 aromatic carbocycles. The molecular formula is C12H21NO. The predicted molar refractivity (Wildman–Crippen MR) is 59.7 cm³/mol. The van der Waals surface area contributed by atoms with Gasteiger partial charge in [-0.3, -0.25) is 4.79 Å². The molecular weight excluding hydrogens is 174 g/mol. The predicted octanol–water partition coefficient (Wildman–Crippen LogP) is 2.34. The van der Waals surface area contributed by atoms with E-state index in [2.05, 4.69) is 18.2 Å². The molecule has 1 N–H and O–H groups in total. The normalized spacial score (nSPS) is 13.1. The molecule has 0 aliphatic carbocycles. The first kappa shape index (κ1) is 13.0. The number of carbonyl (C=O) groups is 1. The lowest BCUT2D eigenvalue weighted by molar-refractivity contribution is -0.129. The van der Waals surface area contributed by atoms with Gasteiger partial charge in [-0.05, 0) is 12.8 Å². The number of terminal acetylenes is 1. The smallest absolute Gasteiger partial charge is 0.226 e. The fourth-order valence-electron chi connectivity index (χ4n) is 1.00. The molecule has 1 atom stereocenters. The van der Waals surface area contributed by atoms with E-state index in [1.807, 2.05) is 20.8 Å². The molecule has 14 heavy (non-hydrogen) atoms. The maximum Gasteiger partial charge on any atom is 0.226 e. The van der Waals surface area contributed by atoms with Gasteiger partial charge in [0, 0.05) is 5.41 Å². The van der Waals surface area contributed by atoms with Crippen LogP contribution in [0.1, 0.15) is 47.0 Å². The molecule has 1 unspecified atom stereocenters. The molecule has 80 valence electrons. The summed E-state index contributed by atoms with van der Waals surface area (Å²) >= 11 is 0. The molecule has 0 saturated heterocycles. The molecule has 0 bridgehead atoms. The van der Waals surface area contributed by atoms with Crippen molar-refractivity contribution < 1.29 is 4.79 Å². The van der Waals surface area contributed by atoms with Crippen molar-refractivity contribution in [1.82, 2.24) is 5.32 Å². The topological polar surface area (TPSA) is 29.1 Å². The summed E-state index contributed by atoms with van der Waals surface area (Å²) in [4.78, 5) is 11.7. The Labute approximate surface area is 87.5 Å². The summed E-state index contributed by atoms with van der Waals surface area (Å²) in [5.41, 5.74) is -0.317. The molecule has 0 aromatic rings. The third-order valence-corrected chi connectivity index (χ3v) is 2.58. The zero-order valence-corrected chi connectivity index (χ0v) is 9.68. The van der Waals surface area contributed by atoms with Crippen molar-refractivity contribution >= 4 is 5.91 Å². The van der Waals surface area contributed by atoms with Gasteiger partial charge in [0.1, 0.15) is 0 Å². The van der Waals surface area contributed by atoms with E-state index in [-0.39, 0.29) is 17.4 Å². The van der Waals surface area contributed by atoms with Gasteiger partial charge in [-0.15, -0.1) is 6.42 Å². The fourth-order valence-corrected chi connectivity index (χ4v) is 1.00. The molecule has 0 saturated carbocycles. The lowest BCUT2D eigenvalue weighted by atomic mass is 9.89. The van der Waals surface area contributed by atoms with Crippen LogP contribution >= 0.6 is 0 Å². The highest BCUT2D eigenvalue weighted by molar-refractivity contribution is 5.82. The number of hydrogen-bond donors (Lipinski definition) is 1. The third kappa shape index (κ3) is 3.83. The molecule has 0 aliphatic heterocycles. The zero-order valence-electron chi connectivity index (χ0n) is 9.68. The Hall–Kier alpha value is -0.970. The average Bonchev–Trinajstić information content (AvgIpc) is 2.16. The van der Waals surface area contributed by atoms with Gasteiger partial charge >= 0.3 is 0 Å². The van der Waals surface area contributed by atoms with Crippen LogP contribution in [0.15, 0.2) is 0 Å². The van der Waals surface area contributed by atoms with Crippen molar-refractivity contribution in [3.63, 3.8) is 0 Å². The van der Waals surface area contributed by atoms with Gasteiger partial charge in [-0.1, -0.05) is 40.0 Å². The first-order valence-electron chi connectivity index (χ1n) is 5.25. The zero-order chi connectivity index (χ0) is 11.2. The van der Waals surface area contributed by atoms with Gasteiger partial charge in [0.25, 0.3) is 0 Å². The van der Waals surface area contributed by atoms with Crippen molar-refractivity contribution in [2.24, 2.45) is 5.41 Å². The average molecular weight is 195 g/mol. The lowest BCUT2D eigenvalue weighted by Gasteiger charge is -2.23. The number of carbonyl (C=O) groups excluding carboxylic acids is 1. The van der Waals surface area contributed by atoms with E-state index in [1.165, 1.54) is 0 Å². The van der Waals surface area contributed by atoms with Crippen molar-refractivity contribution in [2.45, 2.75) is 53.0 Å². The van der Waals surface area contributed by atoms with E-state index in [0.717, 1.165) is 19.3 Å². The summed E-state index contributed by atoms with van der Waals surface area (Å²) in [5.74, 6) is 2.65. The summed E-state index contributed by atoms with van der Waals surface area (Å²) in [6.45, 7) is 7.93. The summed E-state index contributed by atoms with van der Waals surface area (Å²) in [5, 5.41) is 2.88. The highest BCUT2D eigenvalue weighted by atomic mass is 16.2. The SMILES string of the molecule is C#CC(CCC)NC(=O)C(C)(C)CC. The molecule has 2 heteroatoms. The van der Waals surface area contributed by atoms with E-state index in [0.29, 0.717) is 0 Å². The van der Waals surface area contributed by atoms with Crippen molar-refractivity contribution in [3.8, 4) is 12.3 Å². The monoisotopic (exact) mass is 195 g/mol. The minimum Gasteiger partial charge on any atom is -0.342 e. The minimum atomic E-state index is -0.317. The van der Waals surface area contributed by atoms with Crippen LogP contribution in [0, 0.1) is 17.8 Å². The maximum atomic E-state index is 11.7. The van der Waals surface area contributed by atoms with E-state index < -0.39 is 0 Å². The van der Waals surface area contributed by atoms with E-state index in [4.69, 9.17) is 6.42 Å². The Morgan fingerprint density at radius 1 is 1.50 bits per heavy atom. The van der Waals surface area contributed by atoms with Crippen LogP contribution in [0.5, 0.6) is 0 Å². The van der Waals surface area contributed by atoms with Gasteiger partial charge in [0.2, 0.25) is 5.91 Å². The molecule has 0 aromatic heterocycles. The molecule has 0 spiro atoms. The molecule has 0 radical (unpaired) electrons. The molecule has 0 rings (SSSR count). The maximum absolute atomic E-state index is 11.7. The molecule has 0 fully saturated rings. The largest absolute Gasteiger partial charge is 0.342 e. The van der Waals surface area contributed by atoms with Gasteiger partial charge < -0.3 is 5.32 Å². The van der Waals surface area contributed by atoms with Crippen LogP contribution in [-0.4, -0.2) is 11.9 Å². The first-order valence-corrected chi connectivity index (χ1v) is 5.25. The minimum absolute atomic E-state index is 0.0522. The van der Waals surface area contributed by atoms with Gasteiger partial charge in [-0.25, -0.2) is 0 Å². The summed E-state index contributed by atoms with van der Waals surface area (Å²) in [6.07, 6.45) is 7.99. The van der Waals surface area contributed by atoms with Crippen LogP contribution in [0.2, 0.25) is 0 Å². The Kier molecular flexibility index (Phi) is 5.30. The van der Waals surface area contributed by atoms with Crippen LogP contribution < -0.4 is 5.32 Å². The Bertz CT molecular complexity index is 225. The standard InChI is InChI=1S/C12H21NO/c1-6-9-10(7-2)13-11(14)12(4,5)8-3/h2,10H,6,8-9H2,1,3-5H3,(H,13,14). The van der Waals surface area contributed by atoms with Crippen molar-refractivity contribution in [3.05, 3.63) is 0 Å². The quantitative estimate of drug-likeness (QED) is 0.670. The molecule has 2 nitrogen and oxygen atoms in total. The Morgan fingerprint density at radius 2 is 2.07 bits per heavy atom. The Balaban J connectivity index is 4.24. The number of nitrogens with one attached hydrogen (secondary N) is 1. The number of amides is 1. The summed E-state index contributed by atoms with van der Waals surface area (Å²) in [7, 11) is 0. The fraction of sp³-hybridized carbons (Fsp3) is 0.750. The Morgan fingerprint density at radius 3 is 2.43 bits per heavy atom. The van der Waals surface area contributed by atoms with Crippen LogP contribution in [-0.2, 0) is 4.79 Å². The summed E-state index contributed by atoms with van der Waals surface area (Å²) < 4.78 is 0. The van der Waals surface area contributed by atoms with E-state index >= 15 is 0 Å². The van der Waals surface area contributed by atoms with Crippen molar-refractivity contribution in [2.75, 3.05) is 0 Å². The lowest BCUT2D eigenvalue weighted by Crippen LogP contribution is -2.42. The molecule has 0 aliphatic rings. The van der Waals surface area contributed by atoms with Crippen molar-refractivity contribution in [1.29, 1.82) is 0 Å². The molecule has 1 amide bonds. The highest BCUT2D eigenvalue weighted by Gasteiger charge is 2.26. The van der Waals surface area contributed by atoms with Crippen LogP contribution in [0.4, 0.5) is 0 Å². The number of hydrogen-bond acceptors (Lipinski definition) is 1. The van der Waals surface area contributed by atoms with Crippen LogP contribution in [0.25, 0.3) is 0 Å². The highest BCUT2D eigenvalue weighted by Crippen LogP contribution is 2.19.